The van der Waals surface area contributed by atoms with E-state index in [-0.39, 0.29) is 30.5 Å². The van der Waals surface area contributed by atoms with E-state index in [2.05, 4.69) is 37.0 Å². The topological polar surface area (TPSA) is 173 Å². The molecule has 1 fully saturated rings. The number of aliphatic carboxylic acids is 1. The number of nitrogens with one attached hydrogen (secondary N) is 5. The zero-order valence-electron chi connectivity index (χ0n) is 20.1. The van der Waals surface area contributed by atoms with E-state index in [1.165, 1.54) is 0 Å². The molecule has 12 nitrogen and oxygen atoms in total. The van der Waals surface area contributed by atoms with Crippen LogP contribution in [-0.4, -0.2) is 53.1 Å². The fourth-order valence-corrected chi connectivity index (χ4v) is 4.08. The molecule has 2 aliphatic rings. The summed E-state index contributed by atoms with van der Waals surface area (Å²) in [5.74, 6) is -2.09. The minimum absolute atomic E-state index is 0.0721. The first-order valence-electron chi connectivity index (χ1n) is 12.2. The lowest BCUT2D eigenvalue weighted by Gasteiger charge is -2.16. The van der Waals surface area contributed by atoms with E-state index < -0.39 is 23.8 Å². The number of carboxylic acid groups (broad SMARTS) is 1. The van der Waals surface area contributed by atoms with Crippen molar-refractivity contribution in [3.63, 3.8) is 0 Å². The number of rotatable bonds is 13. The minimum Gasteiger partial charge on any atom is -0.480 e. The van der Waals surface area contributed by atoms with Gasteiger partial charge in [-0.1, -0.05) is 43.2 Å². The van der Waals surface area contributed by atoms with Crippen molar-refractivity contribution in [1.29, 1.82) is 0 Å². The zero-order chi connectivity index (χ0) is 25.8. The largest absolute Gasteiger partial charge is 0.480 e. The van der Waals surface area contributed by atoms with Gasteiger partial charge in [-0.2, -0.15) is 0 Å². The Morgan fingerprint density at radius 1 is 0.944 bits per heavy atom. The van der Waals surface area contributed by atoms with E-state index in [1.807, 2.05) is 30.3 Å². The molecule has 12 heteroatoms. The number of amidine groups is 2. The lowest BCUT2D eigenvalue weighted by Crippen LogP contribution is -2.47. The average Bonchev–Trinajstić information content (AvgIpc) is 3.39. The van der Waals surface area contributed by atoms with Gasteiger partial charge in [0, 0.05) is 19.5 Å². The summed E-state index contributed by atoms with van der Waals surface area (Å²) in [4.78, 5) is 48.0. The summed E-state index contributed by atoms with van der Waals surface area (Å²) in [5.41, 5.74) is 5.84. The van der Waals surface area contributed by atoms with E-state index in [4.69, 9.17) is 0 Å². The van der Waals surface area contributed by atoms with Gasteiger partial charge in [-0.25, -0.2) is 4.79 Å². The van der Waals surface area contributed by atoms with Crippen LogP contribution in [0.15, 0.2) is 40.5 Å². The van der Waals surface area contributed by atoms with E-state index in [0.29, 0.717) is 31.7 Å². The third-order valence-corrected chi connectivity index (χ3v) is 6.06. The fraction of sp³-hybridized carbons (Fsp3) is 0.500. The highest BCUT2D eigenvalue weighted by atomic mass is 16.4. The third kappa shape index (κ3) is 8.67. The monoisotopic (exact) mass is 499 g/mol. The van der Waals surface area contributed by atoms with Crippen molar-refractivity contribution in [1.82, 2.24) is 26.8 Å². The second-order valence-corrected chi connectivity index (χ2v) is 8.88. The van der Waals surface area contributed by atoms with Crippen molar-refractivity contribution >= 4 is 35.4 Å². The van der Waals surface area contributed by atoms with Gasteiger partial charge in [0.25, 0.3) is 11.8 Å². The van der Waals surface area contributed by atoms with Crippen LogP contribution in [0.5, 0.6) is 0 Å². The van der Waals surface area contributed by atoms with Crippen LogP contribution >= 0.6 is 0 Å². The summed E-state index contributed by atoms with van der Waals surface area (Å²) < 4.78 is 0. The molecule has 1 aromatic rings. The molecule has 6 N–H and O–H groups in total. The second-order valence-electron chi connectivity index (χ2n) is 8.88. The highest BCUT2D eigenvalue weighted by Gasteiger charge is 2.23. The molecule has 0 aromatic heterocycles. The SMILES string of the molecule is O=C(CC1CCCC1)NC(CCCCNC(=O)C1=NNC(C(=O)NCc2ccccc2)=NN1)C(=O)O. The first-order chi connectivity index (χ1) is 17.4. The molecule has 0 spiro atoms. The molecule has 0 bridgehead atoms. The smallest absolute Gasteiger partial charge is 0.326 e. The van der Waals surface area contributed by atoms with Crippen LogP contribution in [0.25, 0.3) is 0 Å². The van der Waals surface area contributed by atoms with Gasteiger partial charge in [-0.05, 0) is 43.6 Å². The van der Waals surface area contributed by atoms with Crippen LogP contribution in [0.2, 0.25) is 0 Å². The number of amides is 3. The molecule has 1 heterocycles. The summed E-state index contributed by atoms with van der Waals surface area (Å²) >= 11 is 0. The molecule has 1 aliphatic heterocycles. The molecule has 1 aromatic carbocycles. The quantitative estimate of drug-likeness (QED) is 0.215. The second kappa shape index (κ2) is 13.8. The molecule has 0 saturated heterocycles. The molecular formula is C24H33N7O5. The summed E-state index contributed by atoms with van der Waals surface area (Å²) in [6.07, 6.45) is 5.97. The third-order valence-electron chi connectivity index (χ3n) is 6.06. The molecule has 1 atom stereocenters. The lowest BCUT2D eigenvalue weighted by atomic mass is 10.0. The van der Waals surface area contributed by atoms with Crippen LogP contribution in [0.4, 0.5) is 0 Å². The van der Waals surface area contributed by atoms with Crippen molar-refractivity contribution in [2.24, 2.45) is 16.1 Å². The summed E-state index contributed by atoms with van der Waals surface area (Å²) in [6, 6.07) is 8.44. The van der Waals surface area contributed by atoms with E-state index in [9.17, 15) is 24.3 Å². The minimum atomic E-state index is -1.06. The van der Waals surface area contributed by atoms with Crippen molar-refractivity contribution in [2.45, 2.75) is 64.0 Å². The summed E-state index contributed by atoms with van der Waals surface area (Å²) in [7, 11) is 0. The van der Waals surface area contributed by atoms with E-state index in [0.717, 1.165) is 31.2 Å². The molecule has 1 unspecified atom stereocenters. The molecule has 1 aliphatic carbocycles. The Hall–Kier alpha value is -3.96. The standard InChI is InChI=1S/C24H33N7O5/c32-19(14-16-8-4-5-9-16)27-18(24(35)36)12-6-7-13-25-22(33)20-28-30-21(31-29-20)23(34)26-15-17-10-2-1-3-11-17/h1-3,10-11,16,18H,4-9,12-15H2,(H,25,33)(H,26,34)(H,27,32)(H,28,29)(H,30,31)(H,35,36). The number of nitrogens with zero attached hydrogens (tertiary/aromatic N) is 2. The number of unbranched alkanes of at least 4 members (excludes halogenated alkanes) is 1. The van der Waals surface area contributed by atoms with Crippen LogP contribution in [0.3, 0.4) is 0 Å². The number of hydrazone groups is 2. The predicted molar refractivity (Wildman–Crippen MR) is 132 cm³/mol. The lowest BCUT2D eigenvalue weighted by molar-refractivity contribution is -0.142. The van der Waals surface area contributed by atoms with Gasteiger partial charge in [0.1, 0.15) is 6.04 Å². The van der Waals surface area contributed by atoms with Crippen LogP contribution < -0.4 is 26.8 Å². The number of hydrogen-bond acceptors (Lipinski definition) is 8. The first-order valence-corrected chi connectivity index (χ1v) is 12.2. The van der Waals surface area contributed by atoms with Gasteiger partial charge in [0.15, 0.2) is 0 Å². The molecule has 194 valence electrons. The van der Waals surface area contributed by atoms with Gasteiger partial charge < -0.3 is 21.1 Å². The first kappa shape index (κ1) is 26.6. The maximum absolute atomic E-state index is 12.2. The zero-order valence-corrected chi connectivity index (χ0v) is 20.1. The molecule has 3 rings (SSSR count). The molecule has 36 heavy (non-hydrogen) atoms. The highest BCUT2D eigenvalue weighted by molar-refractivity contribution is 6.42. The number of carbonyl (C=O) groups excluding carboxylic acids is 3. The number of benzene rings is 1. The van der Waals surface area contributed by atoms with Gasteiger partial charge in [-0.3, -0.25) is 25.2 Å². The van der Waals surface area contributed by atoms with E-state index in [1.54, 1.807) is 0 Å². The summed E-state index contributed by atoms with van der Waals surface area (Å²) in [5, 5.41) is 25.0. The van der Waals surface area contributed by atoms with Crippen molar-refractivity contribution in [3.05, 3.63) is 35.9 Å². The van der Waals surface area contributed by atoms with Crippen molar-refractivity contribution in [3.8, 4) is 0 Å². The van der Waals surface area contributed by atoms with E-state index >= 15 is 0 Å². The highest BCUT2D eigenvalue weighted by Crippen LogP contribution is 2.27. The van der Waals surface area contributed by atoms with Gasteiger partial charge >= 0.3 is 5.97 Å². The Morgan fingerprint density at radius 2 is 1.58 bits per heavy atom. The van der Waals surface area contributed by atoms with Gasteiger partial charge in [-0.15, -0.1) is 10.2 Å². The Kier molecular flexibility index (Phi) is 10.2. The van der Waals surface area contributed by atoms with Crippen LogP contribution in [0, 0.1) is 5.92 Å². The van der Waals surface area contributed by atoms with Crippen molar-refractivity contribution in [2.75, 3.05) is 6.54 Å². The molecule has 0 radical (unpaired) electrons. The van der Waals surface area contributed by atoms with Gasteiger partial charge in [0.2, 0.25) is 17.6 Å². The maximum atomic E-state index is 12.2. The van der Waals surface area contributed by atoms with Crippen LogP contribution in [-0.2, 0) is 25.7 Å². The summed E-state index contributed by atoms with van der Waals surface area (Å²) in [6.45, 7) is 0.611. The Bertz CT molecular complexity index is 990. The van der Waals surface area contributed by atoms with Gasteiger partial charge in [0.05, 0.1) is 0 Å². The predicted octanol–water partition coefficient (Wildman–Crippen LogP) is 0.559. The van der Waals surface area contributed by atoms with Crippen molar-refractivity contribution < 1.29 is 24.3 Å². The Morgan fingerprint density at radius 3 is 2.19 bits per heavy atom. The molecule has 1 saturated carbocycles. The normalized spacial score (nSPS) is 16.0. The Labute approximate surface area is 209 Å². The fourth-order valence-electron chi connectivity index (χ4n) is 4.08. The average molecular weight is 500 g/mol. The van der Waals surface area contributed by atoms with Crippen LogP contribution in [0.1, 0.15) is 56.9 Å². The Balaban J connectivity index is 1.30. The maximum Gasteiger partial charge on any atom is 0.326 e. The number of carbonyl (C=O) groups is 4. The number of hydrogen-bond donors (Lipinski definition) is 6. The molecule has 3 amide bonds. The number of carboxylic acids is 1. The molecular weight excluding hydrogens is 466 g/mol.